The van der Waals surface area contributed by atoms with Crippen molar-refractivity contribution in [2.75, 3.05) is 18.9 Å². The molecule has 1 aliphatic heterocycles. The van der Waals surface area contributed by atoms with Crippen molar-refractivity contribution in [2.45, 2.75) is 45.5 Å². The van der Waals surface area contributed by atoms with Crippen molar-refractivity contribution in [1.82, 2.24) is 14.8 Å². The Kier molecular flexibility index (Phi) is 8.92. The number of hydrogen-bond donors (Lipinski definition) is 3. The summed E-state index contributed by atoms with van der Waals surface area (Å²) in [4.78, 5) is 4.18. The van der Waals surface area contributed by atoms with Gasteiger partial charge in [-0.1, -0.05) is 37.0 Å². The van der Waals surface area contributed by atoms with E-state index in [-0.39, 0.29) is 34.8 Å². The largest absolute Gasteiger partial charge is 0.482 e. The number of anilines is 1. The SMILES string of the molecule is CC.CC(Oc1cc(-c2cnn(CC3COC(O)(O)CO3)c2)cnc1N)c1c(Cl)ccc(F)c1Cl. The van der Waals surface area contributed by atoms with Gasteiger partial charge in [0.1, 0.15) is 24.6 Å². The second kappa shape index (κ2) is 11.5. The Balaban J connectivity index is 0.00000167. The number of aliphatic hydroxyl groups is 2. The van der Waals surface area contributed by atoms with E-state index in [1.807, 2.05) is 13.8 Å². The first-order chi connectivity index (χ1) is 16.6. The van der Waals surface area contributed by atoms with Gasteiger partial charge in [-0.15, -0.1) is 0 Å². The summed E-state index contributed by atoms with van der Waals surface area (Å²) in [6.45, 7) is 5.67. The van der Waals surface area contributed by atoms with Crippen molar-refractivity contribution in [3.63, 3.8) is 0 Å². The van der Waals surface area contributed by atoms with Crippen LogP contribution in [-0.2, 0) is 16.0 Å². The molecule has 1 aliphatic rings. The minimum Gasteiger partial charge on any atom is -0.482 e. The third-order valence-electron chi connectivity index (χ3n) is 5.04. The molecule has 4 N–H and O–H groups in total. The van der Waals surface area contributed by atoms with E-state index < -0.39 is 24.0 Å². The van der Waals surface area contributed by atoms with Crippen LogP contribution in [0.1, 0.15) is 32.4 Å². The third-order valence-corrected chi connectivity index (χ3v) is 5.75. The molecule has 1 aromatic carbocycles. The average Bonchev–Trinajstić information content (AvgIpc) is 3.29. The molecule has 0 aliphatic carbocycles. The summed E-state index contributed by atoms with van der Waals surface area (Å²) in [5, 5.41) is 23.2. The molecule has 0 amide bonds. The molecule has 12 heteroatoms. The number of pyridine rings is 1. The molecule has 3 heterocycles. The van der Waals surface area contributed by atoms with Crippen LogP contribution < -0.4 is 10.5 Å². The summed E-state index contributed by atoms with van der Waals surface area (Å²) in [6.07, 6.45) is 3.88. The molecule has 9 nitrogen and oxygen atoms in total. The molecule has 35 heavy (non-hydrogen) atoms. The molecule has 0 radical (unpaired) electrons. The zero-order valence-electron chi connectivity index (χ0n) is 19.4. The van der Waals surface area contributed by atoms with E-state index in [1.54, 1.807) is 36.3 Å². The van der Waals surface area contributed by atoms with E-state index in [2.05, 4.69) is 10.1 Å². The van der Waals surface area contributed by atoms with Crippen molar-refractivity contribution in [1.29, 1.82) is 0 Å². The lowest BCUT2D eigenvalue weighted by Crippen LogP contribution is -2.47. The lowest BCUT2D eigenvalue weighted by atomic mass is 10.1. The molecule has 3 aromatic rings. The summed E-state index contributed by atoms with van der Waals surface area (Å²) in [6, 6.07) is 4.28. The molecule has 1 fully saturated rings. The van der Waals surface area contributed by atoms with Crippen molar-refractivity contribution >= 4 is 29.0 Å². The normalized spacial score (nSPS) is 17.9. The minimum absolute atomic E-state index is 0.00664. The van der Waals surface area contributed by atoms with E-state index in [4.69, 9.17) is 43.1 Å². The number of benzene rings is 1. The minimum atomic E-state index is -2.27. The van der Waals surface area contributed by atoms with Gasteiger partial charge in [-0.05, 0) is 25.1 Å². The summed E-state index contributed by atoms with van der Waals surface area (Å²) in [7, 11) is 0. The van der Waals surface area contributed by atoms with Gasteiger partial charge in [0, 0.05) is 34.1 Å². The number of ether oxygens (including phenoxy) is 3. The Labute approximate surface area is 212 Å². The number of rotatable bonds is 6. The van der Waals surface area contributed by atoms with Gasteiger partial charge < -0.3 is 30.2 Å². The number of nitrogens with two attached hydrogens (primary N) is 1. The maximum absolute atomic E-state index is 13.9. The highest BCUT2D eigenvalue weighted by molar-refractivity contribution is 6.36. The highest BCUT2D eigenvalue weighted by Gasteiger charge is 2.33. The first-order valence-electron chi connectivity index (χ1n) is 10.9. The zero-order chi connectivity index (χ0) is 25.8. The van der Waals surface area contributed by atoms with Crippen LogP contribution in [0.5, 0.6) is 5.75 Å². The van der Waals surface area contributed by atoms with Crippen molar-refractivity contribution < 1.29 is 28.8 Å². The molecule has 0 spiro atoms. The van der Waals surface area contributed by atoms with Crippen molar-refractivity contribution in [3.05, 3.63) is 58.2 Å². The number of aromatic nitrogens is 3. The maximum atomic E-state index is 13.9. The predicted molar refractivity (Wildman–Crippen MR) is 130 cm³/mol. The second-order valence-corrected chi connectivity index (χ2v) is 8.35. The Bertz CT molecular complexity index is 1150. The Morgan fingerprint density at radius 2 is 2.03 bits per heavy atom. The molecule has 1 saturated heterocycles. The summed E-state index contributed by atoms with van der Waals surface area (Å²) in [5.74, 6) is -2.45. The molecule has 0 bridgehead atoms. The summed E-state index contributed by atoms with van der Waals surface area (Å²) >= 11 is 12.3. The van der Waals surface area contributed by atoms with Gasteiger partial charge in [0.25, 0.3) is 0 Å². The number of hydrogen-bond acceptors (Lipinski definition) is 8. The first kappa shape index (κ1) is 27.1. The Morgan fingerprint density at radius 1 is 1.29 bits per heavy atom. The highest BCUT2D eigenvalue weighted by Crippen LogP contribution is 2.37. The number of nitrogens with zero attached hydrogens (tertiary/aromatic N) is 3. The van der Waals surface area contributed by atoms with E-state index in [0.29, 0.717) is 17.7 Å². The fourth-order valence-electron chi connectivity index (χ4n) is 3.34. The molecule has 2 atom stereocenters. The van der Waals surface area contributed by atoms with Gasteiger partial charge in [-0.3, -0.25) is 4.68 Å². The summed E-state index contributed by atoms with van der Waals surface area (Å²) < 4.78 is 31.8. The zero-order valence-corrected chi connectivity index (χ0v) is 20.9. The lowest BCUT2D eigenvalue weighted by molar-refractivity contribution is -0.390. The van der Waals surface area contributed by atoms with E-state index >= 15 is 0 Å². The van der Waals surface area contributed by atoms with Crippen LogP contribution >= 0.6 is 23.2 Å². The number of halogens is 3. The van der Waals surface area contributed by atoms with Crippen LogP contribution in [0.2, 0.25) is 10.0 Å². The van der Waals surface area contributed by atoms with E-state index in [1.165, 1.54) is 12.1 Å². The van der Waals surface area contributed by atoms with Gasteiger partial charge in [0.05, 0.1) is 24.4 Å². The number of nitrogen functional groups attached to an aromatic ring is 1. The molecular formula is C23H27Cl2FN4O5. The summed E-state index contributed by atoms with van der Waals surface area (Å²) in [5.41, 5.74) is 7.70. The molecule has 4 rings (SSSR count). The highest BCUT2D eigenvalue weighted by atomic mass is 35.5. The lowest BCUT2D eigenvalue weighted by Gasteiger charge is -2.31. The molecule has 190 valence electrons. The molecular weight excluding hydrogens is 502 g/mol. The van der Waals surface area contributed by atoms with Gasteiger partial charge in [-0.25, -0.2) is 9.37 Å². The Morgan fingerprint density at radius 3 is 2.71 bits per heavy atom. The fourth-order valence-corrected chi connectivity index (χ4v) is 4.02. The maximum Gasteiger partial charge on any atom is 0.302 e. The standard InChI is InChI=1S/C21H21Cl2FN4O5.C2H6/c1-11(18-15(22)2-3-16(24)19(18)23)33-17-4-12(5-26-20(17)25)13-6-27-28(7-13)8-14-9-32-21(29,30)10-31-14;1-2/h2-7,11,14,29-30H,8-10H2,1H3,(H2,25,26);1-2H3. The predicted octanol–water partition coefficient (Wildman–Crippen LogP) is 4.19. The third kappa shape index (κ3) is 6.60. The van der Waals surface area contributed by atoms with Gasteiger partial charge in [-0.2, -0.15) is 5.10 Å². The van der Waals surface area contributed by atoms with Crippen molar-refractivity contribution in [3.8, 4) is 16.9 Å². The first-order valence-corrected chi connectivity index (χ1v) is 11.7. The topological polar surface area (TPSA) is 125 Å². The van der Waals surface area contributed by atoms with Gasteiger partial charge >= 0.3 is 5.97 Å². The average molecular weight is 529 g/mol. The molecule has 0 saturated carbocycles. The van der Waals surface area contributed by atoms with Gasteiger partial charge in [0.15, 0.2) is 11.6 Å². The van der Waals surface area contributed by atoms with Gasteiger partial charge in [0.2, 0.25) is 0 Å². The van der Waals surface area contributed by atoms with Crippen LogP contribution in [-0.4, -0.2) is 50.3 Å². The monoisotopic (exact) mass is 528 g/mol. The second-order valence-electron chi connectivity index (χ2n) is 7.56. The Hall–Kier alpha value is -2.47. The van der Waals surface area contributed by atoms with E-state index in [0.717, 1.165) is 5.56 Å². The fraction of sp³-hybridized carbons (Fsp3) is 0.391. The van der Waals surface area contributed by atoms with Crippen molar-refractivity contribution in [2.24, 2.45) is 0 Å². The van der Waals surface area contributed by atoms with Crippen LogP contribution in [0.3, 0.4) is 0 Å². The van der Waals surface area contributed by atoms with Crippen LogP contribution in [0.15, 0.2) is 36.8 Å². The van der Waals surface area contributed by atoms with Crippen LogP contribution in [0, 0.1) is 5.82 Å². The molecule has 2 unspecified atom stereocenters. The van der Waals surface area contributed by atoms with E-state index in [9.17, 15) is 14.6 Å². The molecule has 2 aromatic heterocycles. The van der Waals surface area contributed by atoms with Crippen LogP contribution in [0.25, 0.3) is 11.1 Å². The van der Waals surface area contributed by atoms with Crippen LogP contribution in [0.4, 0.5) is 10.2 Å². The quantitative estimate of drug-likeness (QED) is 0.321. The smallest absolute Gasteiger partial charge is 0.302 e.